The van der Waals surface area contributed by atoms with Crippen molar-refractivity contribution in [2.24, 2.45) is 0 Å². The maximum absolute atomic E-state index is 12.3. The molecule has 1 amide bonds. The number of hydrogen-bond donors (Lipinski definition) is 1. The van der Waals surface area contributed by atoms with Crippen LogP contribution >= 0.6 is 11.6 Å². The number of anilines is 1. The van der Waals surface area contributed by atoms with Crippen molar-refractivity contribution in [3.05, 3.63) is 59.2 Å². The Morgan fingerprint density at radius 3 is 2.62 bits per heavy atom. The zero-order chi connectivity index (χ0) is 17.9. The molecule has 0 atom stereocenters. The summed E-state index contributed by atoms with van der Waals surface area (Å²) in [4.78, 5) is 12.3. The van der Waals surface area contributed by atoms with E-state index in [9.17, 15) is 4.79 Å². The van der Waals surface area contributed by atoms with Crippen molar-refractivity contribution in [1.29, 1.82) is 0 Å². The Labute approximate surface area is 154 Å². The smallest absolute Gasteiger partial charge is 0.230 e. The molecule has 6 nitrogen and oxygen atoms in total. The lowest BCUT2D eigenvalue weighted by molar-refractivity contribution is -0.115. The summed E-state index contributed by atoms with van der Waals surface area (Å²) in [6.07, 6.45) is 0.103. The molecule has 2 heterocycles. The van der Waals surface area contributed by atoms with Crippen LogP contribution in [0, 0.1) is 0 Å². The molecule has 1 aromatic heterocycles. The first-order valence-corrected chi connectivity index (χ1v) is 8.46. The molecule has 26 heavy (non-hydrogen) atoms. The molecule has 0 aliphatic carbocycles. The lowest BCUT2D eigenvalue weighted by Gasteiger charge is -2.18. The van der Waals surface area contributed by atoms with Crippen molar-refractivity contribution in [3.8, 4) is 22.8 Å². The van der Waals surface area contributed by atoms with E-state index in [1.807, 2.05) is 12.1 Å². The monoisotopic (exact) mass is 370 g/mol. The fourth-order valence-corrected chi connectivity index (χ4v) is 2.76. The summed E-state index contributed by atoms with van der Waals surface area (Å²) < 4.78 is 16.3. The van der Waals surface area contributed by atoms with Crippen LogP contribution in [0.1, 0.15) is 5.69 Å². The van der Waals surface area contributed by atoms with Gasteiger partial charge in [0, 0.05) is 28.4 Å². The predicted molar refractivity (Wildman–Crippen MR) is 96.7 cm³/mol. The minimum absolute atomic E-state index is 0.103. The fourth-order valence-electron chi connectivity index (χ4n) is 2.64. The molecule has 1 N–H and O–H groups in total. The summed E-state index contributed by atoms with van der Waals surface area (Å²) in [7, 11) is 0. The quantitative estimate of drug-likeness (QED) is 0.752. The average Bonchev–Trinajstić information content (AvgIpc) is 3.10. The first-order chi connectivity index (χ1) is 12.7. The largest absolute Gasteiger partial charge is 0.486 e. The normalized spacial score (nSPS) is 12.7. The molecule has 132 valence electrons. The van der Waals surface area contributed by atoms with Crippen molar-refractivity contribution < 1.29 is 18.8 Å². The number of rotatable bonds is 4. The van der Waals surface area contributed by atoms with Crippen molar-refractivity contribution in [1.82, 2.24) is 5.16 Å². The van der Waals surface area contributed by atoms with Crippen LogP contribution in [0.4, 0.5) is 5.69 Å². The Morgan fingerprint density at radius 1 is 1.04 bits per heavy atom. The van der Waals surface area contributed by atoms with Gasteiger partial charge in [0.2, 0.25) is 5.91 Å². The van der Waals surface area contributed by atoms with Crippen molar-refractivity contribution >= 4 is 23.2 Å². The van der Waals surface area contributed by atoms with Gasteiger partial charge in [0.05, 0.1) is 12.1 Å². The SMILES string of the molecule is O=C(Cc1cc(-c2ccc(Cl)cc2)on1)Nc1ccc2c(c1)OCCO2. The first-order valence-electron chi connectivity index (χ1n) is 8.08. The summed E-state index contributed by atoms with van der Waals surface area (Å²) in [6, 6.07) is 14.2. The Balaban J connectivity index is 1.41. The van der Waals surface area contributed by atoms with E-state index in [2.05, 4.69) is 10.5 Å². The molecule has 0 unspecified atom stereocenters. The van der Waals surface area contributed by atoms with E-state index in [4.69, 9.17) is 25.6 Å². The number of nitrogens with zero attached hydrogens (tertiary/aromatic N) is 1. The Hall–Kier alpha value is -2.99. The predicted octanol–water partition coefficient (Wildman–Crippen LogP) is 3.95. The van der Waals surface area contributed by atoms with Crippen LogP contribution in [0.15, 0.2) is 53.1 Å². The van der Waals surface area contributed by atoms with Gasteiger partial charge < -0.3 is 19.3 Å². The summed E-state index contributed by atoms with van der Waals surface area (Å²) >= 11 is 5.88. The number of carbonyl (C=O) groups is 1. The molecule has 4 rings (SSSR count). The van der Waals surface area contributed by atoms with Crippen molar-refractivity contribution in [3.63, 3.8) is 0 Å². The molecule has 0 radical (unpaired) electrons. The lowest BCUT2D eigenvalue weighted by atomic mass is 10.1. The second-order valence-corrected chi connectivity index (χ2v) is 6.21. The molecule has 1 aliphatic heterocycles. The molecule has 0 saturated carbocycles. The van der Waals surface area contributed by atoms with Crippen LogP contribution < -0.4 is 14.8 Å². The van der Waals surface area contributed by atoms with Crippen LogP contribution in [0.5, 0.6) is 11.5 Å². The van der Waals surface area contributed by atoms with Crippen LogP contribution in [-0.2, 0) is 11.2 Å². The number of nitrogens with one attached hydrogen (secondary N) is 1. The fraction of sp³-hybridized carbons (Fsp3) is 0.158. The van der Waals surface area contributed by atoms with E-state index in [0.717, 1.165) is 5.56 Å². The van der Waals surface area contributed by atoms with Crippen molar-refractivity contribution in [2.75, 3.05) is 18.5 Å². The van der Waals surface area contributed by atoms with Crippen LogP contribution in [0.25, 0.3) is 11.3 Å². The topological polar surface area (TPSA) is 73.6 Å². The second kappa shape index (κ2) is 7.09. The highest BCUT2D eigenvalue weighted by Gasteiger charge is 2.14. The minimum Gasteiger partial charge on any atom is -0.486 e. The van der Waals surface area contributed by atoms with E-state index in [1.54, 1.807) is 36.4 Å². The molecule has 0 saturated heterocycles. The molecule has 1 aliphatic rings. The third-order valence-corrected chi connectivity index (χ3v) is 4.11. The molecule has 0 fully saturated rings. The number of benzene rings is 2. The highest BCUT2D eigenvalue weighted by molar-refractivity contribution is 6.30. The summed E-state index contributed by atoms with van der Waals surface area (Å²) in [5, 5.41) is 7.42. The molecule has 0 bridgehead atoms. The van der Waals surface area contributed by atoms with Gasteiger partial charge in [-0.05, 0) is 36.4 Å². The van der Waals surface area contributed by atoms with Gasteiger partial charge in [-0.25, -0.2) is 0 Å². The number of carbonyl (C=O) groups excluding carboxylic acids is 1. The van der Waals surface area contributed by atoms with Gasteiger partial charge in [-0.3, -0.25) is 4.79 Å². The maximum Gasteiger partial charge on any atom is 0.230 e. The molecule has 0 spiro atoms. The second-order valence-electron chi connectivity index (χ2n) is 5.77. The molecular formula is C19H15ClN2O4. The Bertz CT molecular complexity index is 937. The lowest BCUT2D eigenvalue weighted by Crippen LogP contribution is -2.17. The molecule has 3 aromatic rings. The van der Waals surface area contributed by atoms with E-state index < -0.39 is 0 Å². The molecule has 2 aromatic carbocycles. The van der Waals surface area contributed by atoms with Gasteiger partial charge in [-0.2, -0.15) is 0 Å². The van der Waals surface area contributed by atoms with Gasteiger partial charge >= 0.3 is 0 Å². The highest BCUT2D eigenvalue weighted by atomic mass is 35.5. The number of fused-ring (bicyclic) bond motifs is 1. The van der Waals surface area contributed by atoms with E-state index >= 15 is 0 Å². The van der Waals surface area contributed by atoms with Gasteiger partial charge in [-0.1, -0.05) is 16.8 Å². The third kappa shape index (κ3) is 3.65. The van der Waals surface area contributed by atoms with E-state index in [1.165, 1.54) is 0 Å². The van der Waals surface area contributed by atoms with Crippen molar-refractivity contribution in [2.45, 2.75) is 6.42 Å². The van der Waals surface area contributed by atoms with Gasteiger partial charge in [0.15, 0.2) is 17.3 Å². The number of amides is 1. The standard InChI is InChI=1S/C19H15ClN2O4/c20-13-3-1-12(2-4-13)17-10-15(22-26-17)11-19(23)21-14-5-6-16-18(9-14)25-8-7-24-16/h1-6,9-10H,7-8,11H2,(H,21,23). The summed E-state index contributed by atoms with van der Waals surface area (Å²) in [5.41, 5.74) is 2.03. The van der Waals surface area contributed by atoms with Crippen LogP contribution in [0.2, 0.25) is 5.02 Å². The van der Waals surface area contributed by atoms with Crippen LogP contribution in [-0.4, -0.2) is 24.3 Å². The first kappa shape index (κ1) is 16.5. The highest BCUT2D eigenvalue weighted by Crippen LogP contribution is 2.32. The number of aromatic nitrogens is 1. The Kier molecular flexibility index (Phi) is 4.50. The maximum atomic E-state index is 12.3. The zero-order valence-electron chi connectivity index (χ0n) is 13.7. The average molecular weight is 371 g/mol. The molecule has 7 heteroatoms. The van der Waals surface area contributed by atoms with Gasteiger partial charge in [0.25, 0.3) is 0 Å². The van der Waals surface area contributed by atoms with E-state index in [0.29, 0.717) is 46.9 Å². The zero-order valence-corrected chi connectivity index (χ0v) is 14.5. The number of halogens is 1. The van der Waals surface area contributed by atoms with E-state index in [-0.39, 0.29) is 12.3 Å². The van der Waals surface area contributed by atoms with Gasteiger partial charge in [0.1, 0.15) is 13.2 Å². The number of hydrogen-bond acceptors (Lipinski definition) is 5. The summed E-state index contributed by atoms with van der Waals surface area (Å²) in [6.45, 7) is 1.03. The number of ether oxygens (including phenoxy) is 2. The van der Waals surface area contributed by atoms with Gasteiger partial charge in [-0.15, -0.1) is 0 Å². The third-order valence-electron chi connectivity index (χ3n) is 3.86. The summed E-state index contributed by atoms with van der Waals surface area (Å²) in [5.74, 6) is 1.69. The molecular weight excluding hydrogens is 356 g/mol. The minimum atomic E-state index is -0.197. The Morgan fingerprint density at radius 2 is 1.81 bits per heavy atom. The van der Waals surface area contributed by atoms with Crippen LogP contribution in [0.3, 0.4) is 0 Å².